The Morgan fingerprint density at radius 3 is 2.38 bits per heavy atom. The minimum atomic E-state index is 0.261. The normalized spacial score (nSPS) is 32.9. The first-order chi connectivity index (χ1) is 12.6. The van der Waals surface area contributed by atoms with Crippen LogP contribution in [-0.4, -0.2) is 19.8 Å². The van der Waals surface area contributed by atoms with Gasteiger partial charge in [-0.2, -0.15) is 0 Å². The standard InChI is InChI=1S/C23H31NO2/c1-4-7-26-21-6-5-17(11-22(21)25-3)15-24-16(2)23-12-18-8-19(13-23)10-20(9-18)14-23/h1,5-6,11,16,18-20,24H,7-10,12-15H2,2-3H3/t16-,18?,19?,20?,23?/m0/s1. The highest BCUT2D eigenvalue weighted by Crippen LogP contribution is 2.61. The van der Waals surface area contributed by atoms with E-state index in [1.54, 1.807) is 7.11 Å². The van der Waals surface area contributed by atoms with Gasteiger partial charge >= 0.3 is 0 Å². The molecule has 4 aliphatic rings. The lowest BCUT2D eigenvalue weighted by molar-refractivity contribution is -0.0706. The van der Waals surface area contributed by atoms with Crippen molar-refractivity contribution in [1.29, 1.82) is 0 Å². The molecule has 0 radical (unpaired) electrons. The molecular formula is C23H31NO2. The third kappa shape index (κ3) is 3.32. The molecule has 3 nitrogen and oxygen atoms in total. The molecule has 5 rings (SSSR count). The summed E-state index contributed by atoms with van der Waals surface area (Å²) in [5.74, 6) is 6.95. The maximum Gasteiger partial charge on any atom is 0.162 e. The Hall–Kier alpha value is -1.66. The zero-order valence-electron chi connectivity index (χ0n) is 16.1. The number of methoxy groups -OCH3 is 1. The molecule has 4 saturated carbocycles. The summed E-state index contributed by atoms with van der Waals surface area (Å²) in [5.41, 5.74) is 1.76. The molecule has 0 heterocycles. The molecule has 3 heteroatoms. The van der Waals surface area contributed by atoms with Crippen molar-refractivity contribution in [1.82, 2.24) is 5.32 Å². The molecule has 4 bridgehead atoms. The Labute approximate surface area is 157 Å². The average molecular weight is 354 g/mol. The summed E-state index contributed by atoms with van der Waals surface area (Å²) >= 11 is 0. The Kier molecular flexibility index (Phi) is 4.88. The van der Waals surface area contributed by atoms with E-state index >= 15 is 0 Å². The van der Waals surface area contributed by atoms with Gasteiger partial charge in [-0.05, 0) is 86.3 Å². The van der Waals surface area contributed by atoms with E-state index in [1.807, 2.05) is 6.07 Å². The number of hydrogen-bond donors (Lipinski definition) is 1. The van der Waals surface area contributed by atoms with Crippen LogP contribution in [0.2, 0.25) is 0 Å². The van der Waals surface area contributed by atoms with Gasteiger partial charge in [0.15, 0.2) is 11.5 Å². The summed E-state index contributed by atoms with van der Waals surface area (Å²) in [7, 11) is 1.67. The first-order valence-electron chi connectivity index (χ1n) is 10.1. The highest BCUT2D eigenvalue weighted by atomic mass is 16.5. The van der Waals surface area contributed by atoms with Gasteiger partial charge in [-0.3, -0.25) is 0 Å². The van der Waals surface area contributed by atoms with E-state index in [4.69, 9.17) is 15.9 Å². The third-order valence-corrected chi connectivity index (χ3v) is 7.16. The number of benzene rings is 1. The van der Waals surface area contributed by atoms with E-state index in [1.165, 1.54) is 44.1 Å². The first-order valence-corrected chi connectivity index (χ1v) is 10.1. The Bertz CT molecular complexity index is 655. The summed E-state index contributed by atoms with van der Waals surface area (Å²) in [6.45, 7) is 3.54. The number of ether oxygens (including phenoxy) is 2. The molecule has 26 heavy (non-hydrogen) atoms. The molecule has 4 aliphatic carbocycles. The van der Waals surface area contributed by atoms with E-state index in [-0.39, 0.29) is 6.61 Å². The van der Waals surface area contributed by atoms with Crippen molar-refractivity contribution in [3.63, 3.8) is 0 Å². The molecule has 1 N–H and O–H groups in total. The highest BCUT2D eigenvalue weighted by molar-refractivity contribution is 5.43. The Morgan fingerprint density at radius 2 is 1.81 bits per heavy atom. The van der Waals surface area contributed by atoms with Crippen LogP contribution in [0.4, 0.5) is 0 Å². The SMILES string of the molecule is C#CCOc1ccc(CN[C@@H](C)C23CC4CC(CC(C4)C2)C3)cc1OC. The van der Waals surface area contributed by atoms with Gasteiger partial charge in [-0.1, -0.05) is 12.0 Å². The van der Waals surface area contributed by atoms with Gasteiger partial charge in [-0.15, -0.1) is 6.42 Å². The molecule has 1 atom stereocenters. The minimum Gasteiger partial charge on any atom is -0.493 e. The van der Waals surface area contributed by atoms with Crippen LogP contribution >= 0.6 is 0 Å². The summed E-state index contributed by atoms with van der Waals surface area (Å²) in [5, 5.41) is 3.84. The summed E-state index contributed by atoms with van der Waals surface area (Å²) in [6.07, 6.45) is 14.1. The molecule has 0 unspecified atom stereocenters. The van der Waals surface area contributed by atoms with Crippen molar-refractivity contribution in [3.05, 3.63) is 23.8 Å². The van der Waals surface area contributed by atoms with Crippen molar-refractivity contribution < 1.29 is 9.47 Å². The van der Waals surface area contributed by atoms with Gasteiger partial charge in [-0.25, -0.2) is 0 Å². The second-order valence-electron chi connectivity index (χ2n) is 8.86. The zero-order valence-corrected chi connectivity index (χ0v) is 16.1. The summed E-state index contributed by atoms with van der Waals surface area (Å²) < 4.78 is 11.0. The summed E-state index contributed by atoms with van der Waals surface area (Å²) in [6, 6.07) is 6.70. The fourth-order valence-corrected chi connectivity index (χ4v) is 6.26. The largest absolute Gasteiger partial charge is 0.493 e. The van der Waals surface area contributed by atoms with Crippen LogP contribution in [-0.2, 0) is 6.54 Å². The smallest absolute Gasteiger partial charge is 0.162 e. The fraction of sp³-hybridized carbons (Fsp3) is 0.652. The number of terminal acetylenes is 1. The van der Waals surface area contributed by atoms with Crippen molar-refractivity contribution in [3.8, 4) is 23.8 Å². The van der Waals surface area contributed by atoms with Gasteiger partial charge in [0, 0.05) is 12.6 Å². The molecule has 0 aromatic heterocycles. The van der Waals surface area contributed by atoms with Crippen LogP contribution in [0.5, 0.6) is 11.5 Å². The Morgan fingerprint density at radius 1 is 1.15 bits per heavy atom. The first kappa shape index (κ1) is 17.7. The lowest BCUT2D eigenvalue weighted by Crippen LogP contribution is -2.54. The van der Waals surface area contributed by atoms with Gasteiger partial charge in [0.2, 0.25) is 0 Å². The van der Waals surface area contributed by atoms with Crippen molar-refractivity contribution in [2.24, 2.45) is 23.2 Å². The Balaban J connectivity index is 1.40. The van der Waals surface area contributed by atoms with Gasteiger partial charge < -0.3 is 14.8 Å². The highest BCUT2D eigenvalue weighted by Gasteiger charge is 2.52. The van der Waals surface area contributed by atoms with Crippen molar-refractivity contribution >= 4 is 0 Å². The van der Waals surface area contributed by atoms with Gasteiger partial charge in [0.1, 0.15) is 6.61 Å². The van der Waals surface area contributed by atoms with E-state index in [0.717, 1.165) is 30.0 Å². The predicted molar refractivity (Wildman–Crippen MR) is 104 cm³/mol. The molecule has 4 fully saturated rings. The van der Waals surface area contributed by atoms with E-state index in [9.17, 15) is 0 Å². The lowest BCUT2D eigenvalue weighted by atomic mass is 9.48. The summed E-state index contributed by atoms with van der Waals surface area (Å²) in [4.78, 5) is 0. The van der Waals surface area contributed by atoms with Crippen molar-refractivity contribution in [2.45, 2.75) is 58.0 Å². The molecule has 0 aliphatic heterocycles. The van der Waals surface area contributed by atoms with E-state index in [2.05, 4.69) is 30.3 Å². The zero-order chi connectivity index (χ0) is 18.1. The molecule has 0 saturated heterocycles. The van der Waals surface area contributed by atoms with Crippen LogP contribution < -0.4 is 14.8 Å². The number of rotatable bonds is 7. The van der Waals surface area contributed by atoms with Crippen molar-refractivity contribution in [2.75, 3.05) is 13.7 Å². The molecule has 1 aromatic carbocycles. The van der Waals surface area contributed by atoms with Gasteiger partial charge in [0.25, 0.3) is 0 Å². The lowest BCUT2D eigenvalue weighted by Gasteiger charge is -2.59. The maximum atomic E-state index is 5.54. The molecular weight excluding hydrogens is 322 g/mol. The second kappa shape index (κ2) is 7.16. The van der Waals surface area contributed by atoms with Crippen LogP contribution in [0.15, 0.2) is 18.2 Å². The molecule has 0 spiro atoms. The minimum absolute atomic E-state index is 0.261. The van der Waals surface area contributed by atoms with Gasteiger partial charge in [0.05, 0.1) is 7.11 Å². The quantitative estimate of drug-likeness (QED) is 0.737. The number of hydrogen-bond acceptors (Lipinski definition) is 3. The van der Waals surface area contributed by atoms with Crippen LogP contribution in [0.3, 0.4) is 0 Å². The topological polar surface area (TPSA) is 30.5 Å². The fourth-order valence-electron chi connectivity index (χ4n) is 6.26. The van der Waals surface area contributed by atoms with E-state index < -0.39 is 0 Å². The second-order valence-corrected chi connectivity index (χ2v) is 8.86. The van der Waals surface area contributed by atoms with E-state index in [0.29, 0.717) is 17.2 Å². The number of nitrogens with one attached hydrogen (secondary N) is 1. The molecule has 140 valence electrons. The monoisotopic (exact) mass is 353 g/mol. The van der Waals surface area contributed by atoms with Crippen LogP contribution in [0.25, 0.3) is 0 Å². The third-order valence-electron chi connectivity index (χ3n) is 7.16. The molecule has 0 amide bonds. The average Bonchev–Trinajstić information content (AvgIpc) is 2.63. The van der Waals surface area contributed by atoms with Crippen LogP contribution in [0, 0.1) is 35.5 Å². The maximum absolute atomic E-state index is 5.54. The predicted octanol–water partition coefficient (Wildman–Crippen LogP) is 4.40. The molecule has 1 aromatic rings. The van der Waals surface area contributed by atoms with Crippen LogP contribution in [0.1, 0.15) is 51.0 Å².